The van der Waals surface area contributed by atoms with Crippen LogP contribution in [-0.2, 0) is 11.3 Å². The molecule has 6 heteroatoms. The van der Waals surface area contributed by atoms with Crippen LogP contribution in [0, 0.1) is 0 Å². The number of nitrogens with zero attached hydrogens (tertiary/aromatic N) is 3. The number of ether oxygens (including phenoxy) is 1. The highest BCUT2D eigenvalue weighted by Crippen LogP contribution is 2.00. The zero-order chi connectivity index (χ0) is 9.84. The highest BCUT2D eigenvalue weighted by Gasteiger charge is 2.16. The van der Waals surface area contributed by atoms with Gasteiger partial charge in [0.15, 0.2) is 5.82 Å². The third-order valence-corrected chi connectivity index (χ3v) is 1.33. The van der Waals surface area contributed by atoms with Gasteiger partial charge in [0.25, 0.3) is 0 Å². The monoisotopic (exact) mass is 185 g/mol. The minimum atomic E-state index is -0.310. The Balaban J connectivity index is 2.73. The fraction of sp³-hybridized carbons (Fsp3) is 0.571. The summed E-state index contributed by atoms with van der Waals surface area (Å²) in [7, 11) is 4.74. The van der Waals surface area contributed by atoms with E-state index in [1.54, 1.807) is 14.1 Å². The van der Waals surface area contributed by atoms with Crippen molar-refractivity contribution >= 4 is 5.91 Å². The molecule has 0 aliphatic heterocycles. The lowest BCUT2D eigenvalue weighted by molar-refractivity contribution is 0.0779. The molecule has 0 spiro atoms. The van der Waals surface area contributed by atoms with Crippen LogP contribution in [0.15, 0.2) is 4.52 Å². The van der Waals surface area contributed by atoms with Gasteiger partial charge in [0.1, 0.15) is 6.61 Å². The van der Waals surface area contributed by atoms with Crippen LogP contribution in [-0.4, -0.2) is 42.2 Å². The molecule has 0 atom stereocenters. The molecule has 6 nitrogen and oxygen atoms in total. The highest BCUT2D eigenvalue weighted by molar-refractivity contribution is 5.89. The van der Waals surface area contributed by atoms with Gasteiger partial charge in [0.2, 0.25) is 0 Å². The summed E-state index contributed by atoms with van der Waals surface area (Å²) in [6, 6.07) is 0. The zero-order valence-corrected chi connectivity index (χ0v) is 7.77. The third kappa shape index (κ3) is 2.25. The van der Waals surface area contributed by atoms with Gasteiger partial charge >= 0.3 is 11.8 Å². The van der Waals surface area contributed by atoms with E-state index >= 15 is 0 Å². The Labute approximate surface area is 75.5 Å². The quantitative estimate of drug-likeness (QED) is 0.658. The summed E-state index contributed by atoms with van der Waals surface area (Å²) >= 11 is 0. The first kappa shape index (κ1) is 9.66. The fourth-order valence-electron chi connectivity index (χ4n) is 0.720. The van der Waals surface area contributed by atoms with Crippen molar-refractivity contribution in [1.29, 1.82) is 0 Å². The van der Waals surface area contributed by atoms with Crippen LogP contribution in [0.2, 0.25) is 0 Å². The van der Waals surface area contributed by atoms with Gasteiger partial charge in [0.05, 0.1) is 0 Å². The molecular weight excluding hydrogens is 174 g/mol. The Bertz CT molecular complexity index is 295. The van der Waals surface area contributed by atoms with E-state index in [2.05, 4.69) is 10.1 Å². The van der Waals surface area contributed by atoms with Crippen LogP contribution in [0.5, 0.6) is 0 Å². The smallest absolute Gasteiger partial charge is 0.316 e. The van der Waals surface area contributed by atoms with Crippen LogP contribution in [0.4, 0.5) is 0 Å². The molecule has 72 valence electrons. The van der Waals surface area contributed by atoms with Gasteiger partial charge in [-0.25, -0.2) is 0 Å². The van der Waals surface area contributed by atoms with Crippen molar-refractivity contribution in [3.05, 3.63) is 11.7 Å². The first-order valence-electron chi connectivity index (χ1n) is 3.68. The standard InChI is InChI=1S/C7H11N3O3/c1-10(2)7(11)6-8-5(4-12-3)9-13-6/h4H2,1-3H3. The summed E-state index contributed by atoms with van der Waals surface area (Å²) in [5.41, 5.74) is 0. The molecule has 13 heavy (non-hydrogen) atoms. The molecule has 1 rings (SSSR count). The van der Waals surface area contributed by atoms with Crippen molar-refractivity contribution in [2.24, 2.45) is 0 Å². The van der Waals surface area contributed by atoms with Gasteiger partial charge in [-0.1, -0.05) is 5.16 Å². The summed E-state index contributed by atoms with van der Waals surface area (Å²) in [6.07, 6.45) is 0. The summed E-state index contributed by atoms with van der Waals surface area (Å²) in [4.78, 5) is 16.4. The average Bonchev–Trinajstić information content (AvgIpc) is 2.52. The molecule has 0 aliphatic rings. The second-order valence-corrected chi connectivity index (χ2v) is 2.65. The van der Waals surface area contributed by atoms with Gasteiger partial charge in [-0.15, -0.1) is 0 Å². The summed E-state index contributed by atoms with van der Waals surface area (Å²) in [5.74, 6) is 0.0413. The van der Waals surface area contributed by atoms with Gasteiger partial charge in [-0.05, 0) is 0 Å². The second kappa shape index (κ2) is 3.99. The number of amides is 1. The number of aromatic nitrogens is 2. The summed E-state index contributed by atoms with van der Waals surface area (Å²) < 4.78 is 9.48. The summed E-state index contributed by atoms with van der Waals surface area (Å²) in [6.45, 7) is 0.240. The maximum Gasteiger partial charge on any atom is 0.316 e. The SMILES string of the molecule is COCc1noc(C(=O)N(C)C)n1. The number of methoxy groups -OCH3 is 1. The normalized spacial score (nSPS) is 10.1. The lowest BCUT2D eigenvalue weighted by atomic mass is 10.5. The minimum absolute atomic E-state index is 0.0166. The van der Waals surface area contributed by atoms with E-state index in [4.69, 9.17) is 9.26 Å². The first-order chi connectivity index (χ1) is 6.15. The molecular formula is C7H11N3O3. The van der Waals surface area contributed by atoms with Gasteiger partial charge in [-0.3, -0.25) is 4.79 Å². The van der Waals surface area contributed by atoms with Gasteiger partial charge < -0.3 is 14.2 Å². The Morgan fingerprint density at radius 3 is 2.85 bits per heavy atom. The van der Waals surface area contributed by atoms with E-state index in [1.165, 1.54) is 12.0 Å². The number of carbonyl (C=O) groups excluding carboxylic acids is 1. The van der Waals surface area contributed by atoms with Crippen LogP contribution < -0.4 is 0 Å². The Morgan fingerprint density at radius 1 is 1.62 bits per heavy atom. The second-order valence-electron chi connectivity index (χ2n) is 2.65. The number of hydrogen-bond donors (Lipinski definition) is 0. The van der Waals surface area contributed by atoms with Gasteiger partial charge in [0, 0.05) is 21.2 Å². The highest BCUT2D eigenvalue weighted by atomic mass is 16.5. The predicted molar refractivity (Wildman–Crippen MR) is 43.0 cm³/mol. The topological polar surface area (TPSA) is 68.5 Å². The molecule has 1 aromatic rings. The van der Waals surface area contributed by atoms with Crippen molar-refractivity contribution in [2.45, 2.75) is 6.61 Å². The van der Waals surface area contributed by atoms with E-state index in [9.17, 15) is 4.79 Å². The van der Waals surface area contributed by atoms with Crippen molar-refractivity contribution in [2.75, 3.05) is 21.2 Å². The number of rotatable bonds is 3. The molecule has 1 heterocycles. The Hall–Kier alpha value is -1.43. The molecule has 0 N–H and O–H groups in total. The fourth-order valence-corrected chi connectivity index (χ4v) is 0.720. The molecule has 0 bridgehead atoms. The van der Waals surface area contributed by atoms with Crippen LogP contribution in [0.1, 0.15) is 16.5 Å². The van der Waals surface area contributed by atoms with Gasteiger partial charge in [-0.2, -0.15) is 4.98 Å². The predicted octanol–water partition coefficient (Wildman–Crippen LogP) is -0.0822. The van der Waals surface area contributed by atoms with E-state index < -0.39 is 0 Å². The van der Waals surface area contributed by atoms with Crippen LogP contribution in [0.25, 0.3) is 0 Å². The van der Waals surface area contributed by atoms with Crippen molar-refractivity contribution in [1.82, 2.24) is 15.0 Å². The van der Waals surface area contributed by atoms with Crippen molar-refractivity contribution < 1.29 is 14.1 Å². The molecule has 0 saturated carbocycles. The molecule has 0 radical (unpaired) electrons. The lowest BCUT2D eigenvalue weighted by Crippen LogP contribution is -2.21. The Kier molecular flexibility index (Phi) is 2.97. The molecule has 0 fully saturated rings. The van der Waals surface area contributed by atoms with Crippen LogP contribution >= 0.6 is 0 Å². The molecule has 0 unspecified atom stereocenters. The summed E-state index contributed by atoms with van der Waals surface area (Å²) in [5, 5.41) is 3.55. The lowest BCUT2D eigenvalue weighted by Gasteiger charge is -2.04. The zero-order valence-electron chi connectivity index (χ0n) is 7.77. The number of carbonyl (C=O) groups is 1. The van der Waals surface area contributed by atoms with Crippen molar-refractivity contribution in [3.63, 3.8) is 0 Å². The molecule has 0 aliphatic carbocycles. The molecule has 0 aromatic carbocycles. The largest absolute Gasteiger partial charge is 0.377 e. The van der Waals surface area contributed by atoms with E-state index in [1.807, 2.05) is 0 Å². The van der Waals surface area contributed by atoms with E-state index in [-0.39, 0.29) is 18.4 Å². The molecule has 1 aromatic heterocycles. The van der Waals surface area contributed by atoms with E-state index in [0.29, 0.717) is 5.82 Å². The molecule has 1 amide bonds. The maximum absolute atomic E-state index is 11.3. The van der Waals surface area contributed by atoms with E-state index in [0.717, 1.165) is 0 Å². The Morgan fingerprint density at radius 2 is 2.31 bits per heavy atom. The maximum atomic E-state index is 11.3. The average molecular weight is 185 g/mol. The number of hydrogen-bond acceptors (Lipinski definition) is 5. The third-order valence-electron chi connectivity index (χ3n) is 1.33. The van der Waals surface area contributed by atoms with Crippen molar-refractivity contribution in [3.8, 4) is 0 Å². The molecule has 0 saturated heterocycles. The van der Waals surface area contributed by atoms with Crippen LogP contribution in [0.3, 0.4) is 0 Å². The minimum Gasteiger partial charge on any atom is -0.377 e. The first-order valence-corrected chi connectivity index (χ1v) is 3.68.